The molecular weight excluding hydrogens is 228 g/mol. The number of nitrogens with one attached hydrogen (secondary N) is 1. The Bertz CT molecular complexity index is 369. The van der Waals surface area contributed by atoms with Crippen molar-refractivity contribution in [3.05, 3.63) is 11.9 Å². The van der Waals surface area contributed by atoms with Crippen molar-refractivity contribution < 1.29 is 4.74 Å². The number of nitrogens with zero attached hydrogens (tertiary/aromatic N) is 3. The molecule has 0 aliphatic heterocycles. The maximum absolute atomic E-state index is 5.82. The van der Waals surface area contributed by atoms with E-state index in [4.69, 9.17) is 4.74 Å². The summed E-state index contributed by atoms with van der Waals surface area (Å²) in [5.41, 5.74) is 1.03. The van der Waals surface area contributed by atoms with Crippen LogP contribution >= 0.6 is 0 Å². The van der Waals surface area contributed by atoms with Crippen molar-refractivity contribution in [2.45, 2.75) is 63.8 Å². The Kier molecular flexibility index (Phi) is 3.90. The molecule has 0 saturated heterocycles. The van der Waals surface area contributed by atoms with Gasteiger partial charge in [0.05, 0.1) is 24.9 Å². The Morgan fingerprint density at radius 2 is 2.11 bits per heavy atom. The van der Waals surface area contributed by atoms with Crippen molar-refractivity contribution in [2.75, 3.05) is 6.61 Å². The van der Waals surface area contributed by atoms with E-state index in [1.165, 1.54) is 38.5 Å². The van der Waals surface area contributed by atoms with E-state index in [-0.39, 0.29) is 0 Å². The van der Waals surface area contributed by atoms with Gasteiger partial charge in [-0.3, -0.25) is 0 Å². The minimum atomic E-state index is 0.490. The zero-order chi connectivity index (χ0) is 12.2. The molecule has 2 fully saturated rings. The third-order valence-corrected chi connectivity index (χ3v) is 3.71. The van der Waals surface area contributed by atoms with Gasteiger partial charge in [0.2, 0.25) is 0 Å². The molecule has 0 spiro atoms. The SMILES string of the molecule is c1c(CNC2CC2)nnn1CCOC1CCCC1. The fourth-order valence-electron chi connectivity index (χ4n) is 2.43. The first kappa shape index (κ1) is 12.1. The Hall–Kier alpha value is -0.940. The van der Waals surface area contributed by atoms with Crippen LogP contribution < -0.4 is 5.32 Å². The lowest BCUT2D eigenvalue weighted by Gasteiger charge is -2.10. The first-order chi connectivity index (χ1) is 8.90. The molecule has 3 rings (SSSR count). The van der Waals surface area contributed by atoms with E-state index < -0.39 is 0 Å². The van der Waals surface area contributed by atoms with Crippen molar-refractivity contribution in [3.8, 4) is 0 Å². The summed E-state index contributed by atoms with van der Waals surface area (Å²) in [6.45, 7) is 2.41. The molecule has 1 aromatic heterocycles. The van der Waals surface area contributed by atoms with Gasteiger partial charge in [0.15, 0.2) is 0 Å². The molecule has 2 saturated carbocycles. The van der Waals surface area contributed by atoms with Crippen molar-refractivity contribution >= 4 is 0 Å². The minimum absolute atomic E-state index is 0.490. The highest BCUT2D eigenvalue weighted by molar-refractivity contribution is 4.94. The third-order valence-electron chi connectivity index (χ3n) is 3.71. The van der Waals surface area contributed by atoms with Crippen molar-refractivity contribution in [1.29, 1.82) is 0 Å². The smallest absolute Gasteiger partial charge is 0.0964 e. The van der Waals surface area contributed by atoms with Gasteiger partial charge in [0.1, 0.15) is 0 Å². The van der Waals surface area contributed by atoms with Gasteiger partial charge in [-0.1, -0.05) is 18.1 Å². The second kappa shape index (κ2) is 5.80. The molecule has 1 heterocycles. The zero-order valence-corrected chi connectivity index (χ0v) is 10.8. The largest absolute Gasteiger partial charge is 0.376 e. The molecule has 0 aromatic carbocycles. The Morgan fingerprint density at radius 1 is 1.28 bits per heavy atom. The summed E-state index contributed by atoms with van der Waals surface area (Å²) < 4.78 is 7.71. The average Bonchev–Trinajstić information content (AvgIpc) is 2.89. The summed E-state index contributed by atoms with van der Waals surface area (Å²) in [4.78, 5) is 0. The van der Waals surface area contributed by atoms with E-state index in [0.717, 1.165) is 31.4 Å². The summed E-state index contributed by atoms with van der Waals surface area (Å²) in [5, 5.41) is 11.7. The molecule has 2 aliphatic rings. The van der Waals surface area contributed by atoms with Crippen LogP contribution in [0.25, 0.3) is 0 Å². The van der Waals surface area contributed by atoms with Gasteiger partial charge < -0.3 is 10.1 Å². The lowest BCUT2D eigenvalue weighted by molar-refractivity contribution is 0.0512. The normalized spacial score (nSPS) is 20.7. The number of ether oxygens (including phenoxy) is 1. The number of hydrogen-bond acceptors (Lipinski definition) is 4. The molecule has 100 valence electrons. The first-order valence-electron chi connectivity index (χ1n) is 7.14. The lowest BCUT2D eigenvalue weighted by atomic mass is 10.3. The monoisotopic (exact) mass is 250 g/mol. The summed E-state index contributed by atoms with van der Waals surface area (Å²) in [6.07, 6.45) is 10.2. The van der Waals surface area contributed by atoms with Crippen molar-refractivity contribution in [2.24, 2.45) is 0 Å². The molecule has 0 bridgehead atoms. The van der Waals surface area contributed by atoms with E-state index in [2.05, 4.69) is 15.6 Å². The maximum atomic E-state index is 5.82. The molecule has 2 aliphatic carbocycles. The molecule has 0 radical (unpaired) electrons. The van der Waals surface area contributed by atoms with Crippen LogP contribution in [0.3, 0.4) is 0 Å². The van der Waals surface area contributed by atoms with Gasteiger partial charge in [-0.15, -0.1) is 5.10 Å². The number of aromatic nitrogens is 3. The molecule has 5 nitrogen and oxygen atoms in total. The zero-order valence-electron chi connectivity index (χ0n) is 10.8. The lowest BCUT2D eigenvalue weighted by Crippen LogP contribution is -2.15. The molecule has 0 unspecified atom stereocenters. The Labute approximate surface area is 108 Å². The highest BCUT2D eigenvalue weighted by atomic mass is 16.5. The fraction of sp³-hybridized carbons (Fsp3) is 0.846. The van der Waals surface area contributed by atoms with Crippen LogP contribution in [-0.2, 0) is 17.8 Å². The highest BCUT2D eigenvalue weighted by Crippen LogP contribution is 2.20. The quantitative estimate of drug-likeness (QED) is 0.796. The van der Waals surface area contributed by atoms with E-state index in [1.54, 1.807) is 0 Å². The molecular formula is C13H22N4O. The van der Waals surface area contributed by atoms with Crippen LogP contribution in [0.2, 0.25) is 0 Å². The van der Waals surface area contributed by atoms with Crippen molar-refractivity contribution in [1.82, 2.24) is 20.3 Å². The van der Waals surface area contributed by atoms with Gasteiger partial charge >= 0.3 is 0 Å². The molecule has 0 amide bonds. The predicted octanol–water partition coefficient (Wildman–Crippen LogP) is 1.49. The molecule has 1 N–H and O–H groups in total. The van der Waals surface area contributed by atoms with Gasteiger partial charge in [-0.25, -0.2) is 4.68 Å². The van der Waals surface area contributed by atoms with Crippen LogP contribution in [0, 0.1) is 0 Å². The van der Waals surface area contributed by atoms with Crippen LogP contribution in [0.4, 0.5) is 0 Å². The summed E-state index contributed by atoms with van der Waals surface area (Å²) in [6, 6.07) is 0.723. The van der Waals surface area contributed by atoms with Crippen LogP contribution in [-0.4, -0.2) is 33.7 Å². The van der Waals surface area contributed by atoms with E-state index in [9.17, 15) is 0 Å². The van der Waals surface area contributed by atoms with Crippen molar-refractivity contribution in [3.63, 3.8) is 0 Å². The van der Waals surface area contributed by atoms with Gasteiger partial charge in [-0.2, -0.15) is 0 Å². The van der Waals surface area contributed by atoms with Gasteiger partial charge in [-0.05, 0) is 25.7 Å². The average molecular weight is 250 g/mol. The second-order valence-electron chi connectivity index (χ2n) is 5.41. The second-order valence-corrected chi connectivity index (χ2v) is 5.41. The number of hydrogen-bond donors (Lipinski definition) is 1. The minimum Gasteiger partial charge on any atom is -0.376 e. The van der Waals surface area contributed by atoms with E-state index >= 15 is 0 Å². The standard InChI is InChI=1S/C13H22N4O/c1-2-4-13(3-1)18-8-7-17-10-12(15-16-17)9-14-11-5-6-11/h10-11,13-14H,1-9H2. The topological polar surface area (TPSA) is 52.0 Å². The summed E-state index contributed by atoms with van der Waals surface area (Å²) in [7, 11) is 0. The molecule has 18 heavy (non-hydrogen) atoms. The van der Waals surface area contributed by atoms with Gasteiger partial charge in [0.25, 0.3) is 0 Å². The third kappa shape index (κ3) is 3.53. The molecule has 5 heteroatoms. The van der Waals surface area contributed by atoms with Crippen LogP contribution in [0.15, 0.2) is 6.20 Å². The van der Waals surface area contributed by atoms with Crippen LogP contribution in [0.1, 0.15) is 44.2 Å². The maximum Gasteiger partial charge on any atom is 0.0964 e. The Morgan fingerprint density at radius 3 is 2.89 bits per heavy atom. The summed E-state index contributed by atoms with van der Waals surface area (Å²) >= 11 is 0. The first-order valence-corrected chi connectivity index (χ1v) is 7.14. The highest BCUT2D eigenvalue weighted by Gasteiger charge is 2.20. The molecule has 0 atom stereocenters. The summed E-state index contributed by atoms with van der Waals surface area (Å²) in [5.74, 6) is 0. The fourth-order valence-corrected chi connectivity index (χ4v) is 2.43. The Balaban J connectivity index is 1.36. The predicted molar refractivity (Wildman–Crippen MR) is 68.1 cm³/mol. The van der Waals surface area contributed by atoms with Crippen LogP contribution in [0.5, 0.6) is 0 Å². The number of rotatable bonds is 7. The van der Waals surface area contributed by atoms with E-state index in [1.807, 2.05) is 10.9 Å². The van der Waals surface area contributed by atoms with Gasteiger partial charge in [0, 0.05) is 18.8 Å². The van der Waals surface area contributed by atoms with E-state index in [0.29, 0.717) is 6.10 Å². The molecule has 1 aromatic rings.